The summed E-state index contributed by atoms with van der Waals surface area (Å²) in [4.78, 5) is 15.8. The maximum atomic E-state index is 13.7. The van der Waals surface area contributed by atoms with Gasteiger partial charge < -0.3 is 19.3 Å². The SMILES string of the molecule is COCCCOc1ccc(COc2ccccc2-c2cccc(N3NCC(C(=O)O)=C3C(F)(F)F)n2)cc1. The van der Waals surface area contributed by atoms with Crippen molar-refractivity contribution in [3.63, 3.8) is 0 Å². The van der Waals surface area contributed by atoms with Crippen LogP contribution in [0.1, 0.15) is 12.0 Å². The van der Waals surface area contributed by atoms with E-state index in [1.165, 1.54) is 6.07 Å². The van der Waals surface area contributed by atoms with Crippen molar-refractivity contribution in [3.8, 4) is 22.8 Å². The van der Waals surface area contributed by atoms with Crippen LogP contribution >= 0.6 is 0 Å². The Balaban J connectivity index is 1.51. The molecule has 0 bridgehead atoms. The van der Waals surface area contributed by atoms with Crippen molar-refractivity contribution in [2.24, 2.45) is 0 Å². The molecular weight excluding hydrogens is 503 g/mol. The number of anilines is 1. The molecule has 8 nitrogen and oxygen atoms in total. The third-order valence-corrected chi connectivity index (χ3v) is 5.66. The number of hydrogen-bond acceptors (Lipinski definition) is 7. The Morgan fingerprint density at radius 3 is 2.50 bits per heavy atom. The first-order chi connectivity index (χ1) is 18.3. The van der Waals surface area contributed by atoms with E-state index in [4.69, 9.17) is 14.2 Å². The number of methoxy groups -OCH3 is 1. The summed E-state index contributed by atoms with van der Waals surface area (Å²) >= 11 is 0. The van der Waals surface area contributed by atoms with E-state index in [0.717, 1.165) is 17.7 Å². The minimum Gasteiger partial charge on any atom is -0.494 e. The lowest BCUT2D eigenvalue weighted by atomic mass is 10.1. The van der Waals surface area contributed by atoms with Gasteiger partial charge in [-0.25, -0.2) is 15.2 Å². The number of rotatable bonds is 11. The molecule has 0 aliphatic carbocycles. The van der Waals surface area contributed by atoms with E-state index in [1.807, 2.05) is 24.3 Å². The topological polar surface area (TPSA) is 93.2 Å². The van der Waals surface area contributed by atoms with Crippen molar-refractivity contribution in [1.29, 1.82) is 0 Å². The van der Waals surface area contributed by atoms with Crippen LogP contribution in [0.25, 0.3) is 11.3 Å². The monoisotopic (exact) mass is 529 g/mol. The number of alkyl halides is 3. The highest BCUT2D eigenvalue weighted by Gasteiger charge is 2.46. The van der Waals surface area contributed by atoms with E-state index in [2.05, 4.69) is 10.4 Å². The van der Waals surface area contributed by atoms with Gasteiger partial charge in [-0.05, 0) is 42.0 Å². The number of allylic oxidation sites excluding steroid dienone is 1. The summed E-state index contributed by atoms with van der Waals surface area (Å²) in [7, 11) is 1.64. The molecule has 200 valence electrons. The van der Waals surface area contributed by atoms with Crippen LogP contribution in [-0.2, 0) is 16.1 Å². The second-order valence-corrected chi connectivity index (χ2v) is 8.30. The molecular formula is C27H26F3N3O5. The summed E-state index contributed by atoms with van der Waals surface area (Å²) in [6.45, 7) is 0.944. The number of nitrogens with one attached hydrogen (secondary N) is 1. The molecule has 0 saturated heterocycles. The minimum absolute atomic E-state index is 0.0954. The van der Waals surface area contributed by atoms with Crippen molar-refractivity contribution >= 4 is 11.8 Å². The van der Waals surface area contributed by atoms with Crippen LogP contribution in [0.2, 0.25) is 0 Å². The maximum Gasteiger partial charge on any atom is 0.433 e. The van der Waals surface area contributed by atoms with E-state index in [-0.39, 0.29) is 12.4 Å². The zero-order chi connectivity index (χ0) is 27.1. The molecule has 0 unspecified atom stereocenters. The van der Waals surface area contributed by atoms with Gasteiger partial charge in [0.2, 0.25) is 0 Å². The van der Waals surface area contributed by atoms with Gasteiger partial charge in [0.05, 0.1) is 17.9 Å². The zero-order valence-corrected chi connectivity index (χ0v) is 20.5. The van der Waals surface area contributed by atoms with Crippen molar-refractivity contribution in [3.05, 3.63) is 83.6 Å². The molecule has 11 heteroatoms. The van der Waals surface area contributed by atoms with Gasteiger partial charge in [-0.15, -0.1) is 0 Å². The average molecular weight is 530 g/mol. The number of ether oxygens (including phenoxy) is 3. The van der Waals surface area contributed by atoms with Crippen molar-refractivity contribution < 1.29 is 37.3 Å². The number of carbonyl (C=O) groups is 1. The molecule has 3 aromatic rings. The van der Waals surface area contributed by atoms with Gasteiger partial charge in [-0.1, -0.05) is 30.3 Å². The van der Waals surface area contributed by atoms with Gasteiger partial charge in [0.15, 0.2) is 5.70 Å². The van der Waals surface area contributed by atoms with Crippen LogP contribution in [0.4, 0.5) is 19.0 Å². The molecule has 0 amide bonds. The van der Waals surface area contributed by atoms with E-state index in [9.17, 15) is 23.1 Å². The first-order valence-electron chi connectivity index (χ1n) is 11.7. The van der Waals surface area contributed by atoms with Crippen molar-refractivity contribution in [2.75, 3.05) is 31.9 Å². The van der Waals surface area contributed by atoms with Crippen LogP contribution in [0.5, 0.6) is 11.5 Å². The number of benzene rings is 2. The molecule has 1 aromatic heterocycles. The lowest BCUT2D eigenvalue weighted by Crippen LogP contribution is -2.37. The lowest BCUT2D eigenvalue weighted by molar-refractivity contribution is -0.133. The van der Waals surface area contributed by atoms with Gasteiger partial charge in [-0.3, -0.25) is 5.01 Å². The van der Waals surface area contributed by atoms with Crippen LogP contribution < -0.4 is 19.9 Å². The maximum absolute atomic E-state index is 13.7. The van der Waals surface area contributed by atoms with Gasteiger partial charge in [0.25, 0.3) is 0 Å². The fourth-order valence-electron chi connectivity index (χ4n) is 3.86. The highest BCUT2D eigenvalue weighted by Crippen LogP contribution is 2.37. The van der Waals surface area contributed by atoms with Crippen LogP contribution in [-0.4, -0.2) is 49.1 Å². The molecule has 2 N–H and O–H groups in total. The molecule has 0 radical (unpaired) electrons. The third-order valence-electron chi connectivity index (χ3n) is 5.66. The summed E-state index contributed by atoms with van der Waals surface area (Å²) in [5.41, 5.74) is 2.23. The number of para-hydroxylation sites is 1. The fourth-order valence-corrected chi connectivity index (χ4v) is 3.86. The third kappa shape index (κ3) is 6.42. The van der Waals surface area contributed by atoms with Gasteiger partial charge in [0, 0.05) is 32.2 Å². The molecule has 4 rings (SSSR count). The molecule has 1 aliphatic heterocycles. The lowest BCUT2D eigenvalue weighted by Gasteiger charge is -2.23. The number of carboxylic acid groups (broad SMARTS) is 1. The number of pyridine rings is 1. The second-order valence-electron chi connectivity index (χ2n) is 8.30. The highest BCUT2D eigenvalue weighted by molar-refractivity contribution is 5.90. The Bertz CT molecular complexity index is 1300. The summed E-state index contributed by atoms with van der Waals surface area (Å²) in [5.74, 6) is -0.515. The van der Waals surface area contributed by atoms with Crippen molar-refractivity contribution in [2.45, 2.75) is 19.2 Å². The number of halogens is 3. The Hall–Kier alpha value is -4.09. The first kappa shape index (κ1) is 27.0. The molecule has 0 atom stereocenters. The molecule has 2 aromatic carbocycles. The number of hydrazine groups is 1. The molecule has 0 saturated carbocycles. The van der Waals surface area contributed by atoms with Crippen LogP contribution in [0, 0.1) is 0 Å². The number of hydrogen-bond donors (Lipinski definition) is 2. The minimum atomic E-state index is -4.89. The first-order valence-corrected chi connectivity index (χ1v) is 11.7. The molecule has 38 heavy (non-hydrogen) atoms. The zero-order valence-electron chi connectivity index (χ0n) is 20.5. The average Bonchev–Trinajstić information content (AvgIpc) is 3.38. The predicted octanol–water partition coefficient (Wildman–Crippen LogP) is 4.97. The second kappa shape index (κ2) is 12.0. The molecule has 2 heterocycles. The Kier molecular flexibility index (Phi) is 8.49. The van der Waals surface area contributed by atoms with Crippen LogP contribution in [0.15, 0.2) is 78.0 Å². The van der Waals surface area contributed by atoms with Crippen LogP contribution in [0.3, 0.4) is 0 Å². The smallest absolute Gasteiger partial charge is 0.433 e. The largest absolute Gasteiger partial charge is 0.494 e. The summed E-state index contributed by atoms with van der Waals surface area (Å²) in [5, 5.41) is 9.90. The number of nitrogens with zero attached hydrogens (tertiary/aromatic N) is 2. The van der Waals surface area contributed by atoms with E-state index in [1.54, 1.807) is 43.5 Å². The van der Waals surface area contributed by atoms with Gasteiger partial charge in [0.1, 0.15) is 23.9 Å². The van der Waals surface area contributed by atoms with Gasteiger partial charge >= 0.3 is 12.1 Å². The summed E-state index contributed by atoms with van der Waals surface area (Å²) in [6.07, 6.45) is -4.10. The quantitative estimate of drug-likeness (QED) is 0.337. The van der Waals surface area contributed by atoms with Gasteiger partial charge in [-0.2, -0.15) is 13.2 Å². The van der Waals surface area contributed by atoms with Crippen molar-refractivity contribution in [1.82, 2.24) is 10.4 Å². The Labute approximate surface area is 217 Å². The normalized spacial score (nSPS) is 13.6. The fraction of sp³-hybridized carbons (Fsp3) is 0.259. The van der Waals surface area contributed by atoms with E-state index in [0.29, 0.717) is 35.2 Å². The van der Waals surface area contributed by atoms with E-state index >= 15 is 0 Å². The molecule has 0 fully saturated rings. The molecule has 1 aliphatic rings. The number of aromatic nitrogens is 1. The highest BCUT2D eigenvalue weighted by atomic mass is 19.4. The Morgan fingerprint density at radius 1 is 1.03 bits per heavy atom. The number of aliphatic carboxylic acids is 1. The van der Waals surface area contributed by atoms with E-state index < -0.39 is 30.0 Å². The summed E-state index contributed by atoms with van der Waals surface area (Å²) < 4.78 is 57.8. The number of carboxylic acids is 1. The standard InChI is InChI=1S/C27H26F3N3O5/c1-36-14-5-15-37-19-12-10-18(11-13-19)17-38-23-8-3-2-6-20(23)22-7-4-9-24(32-22)33-25(27(28,29)30)21(16-31-33)26(34)35/h2-4,6-13,31H,5,14-17H2,1H3,(H,34,35). The molecule has 0 spiro atoms. The summed E-state index contributed by atoms with van der Waals surface area (Å²) in [6, 6.07) is 19.1. The predicted molar refractivity (Wildman–Crippen MR) is 134 cm³/mol. The Morgan fingerprint density at radius 2 is 1.79 bits per heavy atom.